The first kappa shape index (κ1) is 15.4. The van der Waals surface area contributed by atoms with E-state index in [0.29, 0.717) is 6.42 Å². The average Bonchev–Trinajstić information content (AvgIpc) is 2.91. The van der Waals surface area contributed by atoms with E-state index in [2.05, 4.69) is 22.8 Å². The van der Waals surface area contributed by atoms with E-state index < -0.39 is 5.60 Å². The van der Waals surface area contributed by atoms with E-state index in [9.17, 15) is 9.90 Å². The predicted octanol–water partition coefficient (Wildman–Crippen LogP) is 1.66. The van der Waals surface area contributed by atoms with Gasteiger partial charge in [0.2, 0.25) is 0 Å². The van der Waals surface area contributed by atoms with Gasteiger partial charge in [-0.3, -0.25) is 4.90 Å². The van der Waals surface area contributed by atoms with E-state index in [1.165, 1.54) is 12.7 Å². The van der Waals surface area contributed by atoms with Crippen LogP contribution < -0.4 is 4.90 Å². The molecule has 0 spiro atoms. The molecule has 2 bridgehead atoms. The first-order valence-corrected chi connectivity index (χ1v) is 9.17. The molecule has 5 rings (SSSR count). The number of piperidine rings is 3. The molecule has 0 aromatic heterocycles. The zero-order valence-corrected chi connectivity index (χ0v) is 14.7. The van der Waals surface area contributed by atoms with Gasteiger partial charge in [0.25, 0.3) is 0 Å². The molecule has 0 aliphatic carbocycles. The van der Waals surface area contributed by atoms with Gasteiger partial charge in [-0.2, -0.15) is 0 Å². The molecule has 0 saturated carbocycles. The smallest absolute Gasteiger partial charge is 0.329 e. The second kappa shape index (κ2) is 5.08. The molecule has 1 aromatic rings. The van der Waals surface area contributed by atoms with Crippen LogP contribution in [-0.2, 0) is 15.1 Å². The number of benzene rings is 1. The van der Waals surface area contributed by atoms with Crippen molar-refractivity contribution >= 4 is 11.7 Å². The summed E-state index contributed by atoms with van der Waals surface area (Å²) in [4.78, 5) is 17.5. The van der Waals surface area contributed by atoms with Crippen LogP contribution in [0.1, 0.15) is 25.3 Å². The van der Waals surface area contributed by atoms with Crippen LogP contribution in [0, 0.1) is 5.92 Å². The summed E-state index contributed by atoms with van der Waals surface area (Å²) in [6, 6.07) is 7.90. The lowest BCUT2D eigenvalue weighted by Gasteiger charge is -2.59. The van der Waals surface area contributed by atoms with Gasteiger partial charge < -0.3 is 14.7 Å². The summed E-state index contributed by atoms with van der Waals surface area (Å²) in [5, 5.41) is 11.7. The Hall–Kier alpha value is -1.85. The maximum absolute atomic E-state index is 12.8. The van der Waals surface area contributed by atoms with E-state index in [0.717, 1.165) is 30.8 Å². The zero-order valence-electron chi connectivity index (χ0n) is 14.7. The molecule has 132 valence electrons. The third-order valence-electron chi connectivity index (χ3n) is 6.90. The van der Waals surface area contributed by atoms with Gasteiger partial charge in [-0.15, -0.1) is 0 Å². The van der Waals surface area contributed by atoms with Crippen molar-refractivity contribution in [3.63, 3.8) is 0 Å². The lowest BCUT2D eigenvalue weighted by Crippen LogP contribution is -2.73. The first-order valence-electron chi connectivity index (χ1n) is 9.17. The molecule has 3 fully saturated rings. The molecule has 5 heteroatoms. The maximum Gasteiger partial charge on any atom is 0.329 e. The van der Waals surface area contributed by atoms with Crippen molar-refractivity contribution in [2.75, 3.05) is 25.1 Å². The highest BCUT2D eigenvalue weighted by atomic mass is 16.5. The number of rotatable bonds is 1. The van der Waals surface area contributed by atoms with E-state index in [1.54, 1.807) is 0 Å². The molecule has 1 aromatic carbocycles. The summed E-state index contributed by atoms with van der Waals surface area (Å²) < 4.78 is 5.21. The zero-order chi connectivity index (χ0) is 17.3. The number of carbonyl (C=O) groups excluding carboxylic acids is 1. The van der Waals surface area contributed by atoms with Crippen LogP contribution >= 0.6 is 0 Å². The summed E-state index contributed by atoms with van der Waals surface area (Å²) in [5.74, 6) is -0.0377. The first-order chi connectivity index (χ1) is 12.1. The standard InChI is InChI=1S/C20H24N2O3/c1-3-12-11-21-9-8-20(24)14-6-4-5-7-15(14)22-17(19(23)25-2)13(12)10-16(21)18(20)22/h3-7,13,16-18,24H,8-11H2,1-2H3/b12-3+/t13-,16-,17-,18+,20+/m0/s1. The number of nitrogens with zero attached hydrogens (tertiary/aromatic N) is 2. The van der Waals surface area contributed by atoms with Gasteiger partial charge in [-0.25, -0.2) is 4.79 Å². The summed E-state index contributed by atoms with van der Waals surface area (Å²) >= 11 is 0. The lowest BCUT2D eigenvalue weighted by atomic mass is 9.68. The number of methoxy groups -OCH3 is 1. The molecule has 5 atom stereocenters. The van der Waals surface area contributed by atoms with E-state index in [4.69, 9.17) is 4.74 Å². The minimum Gasteiger partial charge on any atom is -0.467 e. The number of allylic oxidation sites excluding steroid dienone is 1. The summed E-state index contributed by atoms with van der Waals surface area (Å²) in [6.07, 6.45) is 3.79. The van der Waals surface area contributed by atoms with Gasteiger partial charge >= 0.3 is 5.97 Å². The number of aliphatic hydroxyl groups is 1. The van der Waals surface area contributed by atoms with Crippen LogP contribution in [-0.4, -0.2) is 54.3 Å². The monoisotopic (exact) mass is 340 g/mol. The van der Waals surface area contributed by atoms with E-state index >= 15 is 0 Å². The fraction of sp³-hybridized carbons (Fsp3) is 0.550. The maximum atomic E-state index is 12.8. The number of hydrogen-bond donors (Lipinski definition) is 1. The number of anilines is 1. The van der Waals surface area contributed by atoms with Crippen LogP contribution in [0.15, 0.2) is 35.9 Å². The quantitative estimate of drug-likeness (QED) is 0.622. The summed E-state index contributed by atoms with van der Waals surface area (Å²) in [5.41, 5.74) is 2.42. The number of fused-ring (bicyclic) bond motifs is 4. The second-order valence-electron chi connectivity index (χ2n) is 7.76. The molecule has 5 nitrogen and oxygen atoms in total. The van der Waals surface area contributed by atoms with Crippen LogP contribution in [0.25, 0.3) is 0 Å². The van der Waals surface area contributed by atoms with Crippen molar-refractivity contribution in [1.29, 1.82) is 0 Å². The van der Waals surface area contributed by atoms with Crippen LogP contribution in [0.3, 0.4) is 0 Å². The predicted molar refractivity (Wildman–Crippen MR) is 94.3 cm³/mol. The Labute approximate surface area is 147 Å². The Morgan fingerprint density at radius 1 is 1.40 bits per heavy atom. The molecule has 1 N–H and O–H groups in total. The Morgan fingerprint density at radius 2 is 2.20 bits per heavy atom. The van der Waals surface area contributed by atoms with Gasteiger partial charge in [0.1, 0.15) is 11.6 Å². The van der Waals surface area contributed by atoms with E-state index in [1.807, 2.05) is 24.3 Å². The highest BCUT2D eigenvalue weighted by molar-refractivity contribution is 5.84. The molecule has 0 radical (unpaired) electrons. The lowest BCUT2D eigenvalue weighted by molar-refractivity contribution is -0.148. The van der Waals surface area contributed by atoms with Crippen molar-refractivity contribution < 1.29 is 14.6 Å². The molecule has 4 heterocycles. The Balaban J connectivity index is 1.74. The third-order valence-corrected chi connectivity index (χ3v) is 6.90. The fourth-order valence-corrected chi connectivity index (χ4v) is 5.86. The minimum atomic E-state index is -0.873. The normalized spacial score (nSPS) is 40.1. The highest BCUT2D eigenvalue weighted by Crippen LogP contribution is 2.57. The molecule has 0 amide bonds. The van der Waals surface area contributed by atoms with Gasteiger partial charge in [0.15, 0.2) is 0 Å². The summed E-state index contributed by atoms with van der Waals surface area (Å²) in [7, 11) is 1.47. The van der Waals surface area contributed by atoms with E-state index in [-0.39, 0.29) is 30.0 Å². The summed E-state index contributed by atoms with van der Waals surface area (Å²) in [6.45, 7) is 3.86. The highest BCUT2D eigenvalue weighted by Gasteiger charge is 2.64. The SMILES string of the molecule is C/C=C1\CN2CC[C@@]3(O)c4ccccc4N4[C@H](C(=O)OC)[C@H]1C[C@H]2[C@@H]43. The molecular weight excluding hydrogens is 316 g/mol. The van der Waals surface area contributed by atoms with Gasteiger partial charge in [-0.1, -0.05) is 29.8 Å². The van der Waals surface area contributed by atoms with Gasteiger partial charge in [-0.05, 0) is 25.8 Å². The topological polar surface area (TPSA) is 53.0 Å². The molecule has 4 aliphatic rings. The van der Waals surface area contributed by atoms with Crippen molar-refractivity contribution in [3.05, 3.63) is 41.5 Å². The molecular formula is C20H24N2O3. The molecule has 3 saturated heterocycles. The third kappa shape index (κ3) is 1.78. The second-order valence-corrected chi connectivity index (χ2v) is 7.76. The number of ether oxygens (including phenoxy) is 1. The molecule has 0 unspecified atom stereocenters. The van der Waals surface area contributed by atoms with Crippen molar-refractivity contribution in [3.8, 4) is 0 Å². The van der Waals surface area contributed by atoms with Crippen LogP contribution in [0.4, 0.5) is 5.69 Å². The number of carbonyl (C=O) groups is 1. The Bertz CT molecular complexity index is 776. The average molecular weight is 340 g/mol. The number of esters is 1. The van der Waals surface area contributed by atoms with Crippen molar-refractivity contribution in [2.45, 2.75) is 43.5 Å². The Morgan fingerprint density at radius 3 is 2.96 bits per heavy atom. The fourth-order valence-electron chi connectivity index (χ4n) is 5.86. The molecule has 25 heavy (non-hydrogen) atoms. The van der Waals surface area contributed by atoms with Crippen molar-refractivity contribution in [1.82, 2.24) is 4.90 Å². The number of para-hydroxylation sites is 1. The van der Waals surface area contributed by atoms with Crippen molar-refractivity contribution in [2.24, 2.45) is 5.92 Å². The Kier molecular flexibility index (Phi) is 3.13. The van der Waals surface area contributed by atoms with Crippen LogP contribution in [0.2, 0.25) is 0 Å². The largest absolute Gasteiger partial charge is 0.467 e. The molecule has 4 aliphatic heterocycles. The number of hydrogen-bond acceptors (Lipinski definition) is 5. The minimum absolute atomic E-state index is 0.0718. The van der Waals surface area contributed by atoms with Gasteiger partial charge in [0, 0.05) is 36.3 Å². The van der Waals surface area contributed by atoms with Crippen LogP contribution in [0.5, 0.6) is 0 Å². The van der Waals surface area contributed by atoms with Gasteiger partial charge in [0.05, 0.1) is 13.2 Å².